The number of hydrogen-bond donors (Lipinski definition) is 4. The number of aliphatic hydroxyl groups is 1. The fourth-order valence-electron chi connectivity index (χ4n) is 1.34. The number of aromatic carboxylic acids is 1. The Labute approximate surface area is 109 Å². The molecule has 1 aromatic rings. The first-order valence-electron chi connectivity index (χ1n) is 5.61. The normalized spacial score (nSPS) is 10.1. The third-order valence-corrected chi connectivity index (χ3v) is 3.07. The van der Waals surface area contributed by atoms with E-state index in [1.54, 1.807) is 5.38 Å². The maximum atomic E-state index is 11.5. The summed E-state index contributed by atoms with van der Waals surface area (Å²) in [6.07, 6.45) is 2.34. The molecule has 0 aliphatic rings. The summed E-state index contributed by atoms with van der Waals surface area (Å²) in [6.45, 7) is 0.656. The predicted molar refractivity (Wildman–Crippen MR) is 69.2 cm³/mol. The molecular weight excluding hydrogens is 256 g/mol. The Morgan fingerprint density at radius 2 is 2.06 bits per heavy atom. The van der Waals surface area contributed by atoms with E-state index in [4.69, 9.17) is 10.2 Å². The maximum Gasteiger partial charge on any atom is 0.338 e. The monoisotopic (exact) mass is 272 g/mol. The summed E-state index contributed by atoms with van der Waals surface area (Å²) in [4.78, 5) is 22.3. The molecule has 0 bridgehead atoms. The molecule has 0 saturated carbocycles. The lowest BCUT2D eigenvalue weighted by molar-refractivity contribution is 0.0698. The van der Waals surface area contributed by atoms with Crippen LogP contribution in [-0.2, 0) is 0 Å². The van der Waals surface area contributed by atoms with Crippen molar-refractivity contribution in [3.05, 3.63) is 17.0 Å². The number of aliphatic hydroxyl groups excluding tert-OH is 1. The summed E-state index contributed by atoms with van der Waals surface area (Å²) in [5, 5.41) is 24.5. The zero-order chi connectivity index (χ0) is 13.4. The van der Waals surface area contributed by atoms with Crippen LogP contribution in [0.15, 0.2) is 11.4 Å². The van der Waals surface area contributed by atoms with Crippen molar-refractivity contribution >= 4 is 28.3 Å². The van der Waals surface area contributed by atoms with Crippen molar-refractivity contribution in [3.8, 4) is 0 Å². The van der Waals surface area contributed by atoms with Crippen LogP contribution >= 0.6 is 11.3 Å². The van der Waals surface area contributed by atoms with E-state index in [1.807, 2.05) is 0 Å². The predicted octanol–water partition coefficient (Wildman–Crippen LogP) is 1.73. The maximum absolute atomic E-state index is 11.5. The molecule has 0 aliphatic heterocycles. The molecule has 1 heterocycles. The van der Waals surface area contributed by atoms with Gasteiger partial charge in [-0.2, -0.15) is 0 Å². The summed E-state index contributed by atoms with van der Waals surface area (Å²) in [5.41, 5.74) is 0.0930. The Kier molecular flexibility index (Phi) is 6.16. The minimum Gasteiger partial charge on any atom is -0.478 e. The average molecular weight is 272 g/mol. The number of hydrogen-bond acceptors (Lipinski definition) is 4. The van der Waals surface area contributed by atoms with Crippen LogP contribution in [0.4, 0.5) is 9.80 Å². The van der Waals surface area contributed by atoms with Crippen molar-refractivity contribution in [2.75, 3.05) is 18.5 Å². The lowest BCUT2D eigenvalue weighted by Gasteiger charge is -2.06. The van der Waals surface area contributed by atoms with E-state index in [2.05, 4.69) is 10.6 Å². The number of nitrogens with one attached hydrogen (secondary N) is 2. The molecule has 100 valence electrons. The number of unbranched alkanes of at least 4 members (excludes halogenated alkanes) is 2. The molecule has 2 amide bonds. The lowest BCUT2D eigenvalue weighted by Crippen LogP contribution is -2.29. The van der Waals surface area contributed by atoms with Crippen LogP contribution in [0.3, 0.4) is 0 Å². The van der Waals surface area contributed by atoms with Gasteiger partial charge in [-0.05, 0) is 30.7 Å². The second-order valence-electron chi connectivity index (χ2n) is 3.63. The second-order valence-corrected chi connectivity index (χ2v) is 4.55. The molecule has 0 aromatic carbocycles. The van der Waals surface area contributed by atoms with E-state index in [0.717, 1.165) is 19.3 Å². The molecule has 0 saturated heterocycles. The van der Waals surface area contributed by atoms with E-state index in [9.17, 15) is 9.59 Å². The minimum atomic E-state index is -1.06. The molecule has 7 heteroatoms. The highest BCUT2D eigenvalue weighted by Gasteiger charge is 2.13. The van der Waals surface area contributed by atoms with Crippen LogP contribution in [0.1, 0.15) is 29.6 Å². The van der Waals surface area contributed by atoms with Gasteiger partial charge >= 0.3 is 12.0 Å². The van der Waals surface area contributed by atoms with Gasteiger partial charge in [-0.15, -0.1) is 11.3 Å². The first kappa shape index (κ1) is 14.5. The van der Waals surface area contributed by atoms with Crippen LogP contribution in [0.5, 0.6) is 0 Å². The molecular formula is C11H16N2O4S. The quantitative estimate of drug-likeness (QED) is 0.568. The summed E-state index contributed by atoms with van der Waals surface area (Å²) >= 11 is 1.17. The Balaban J connectivity index is 2.31. The molecule has 0 fully saturated rings. The number of carboxylic acid groups (broad SMARTS) is 1. The van der Waals surface area contributed by atoms with E-state index >= 15 is 0 Å². The Bertz CT molecular complexity index is 406. The summed E-state index contributed by atoms with van der Waals surface area (Å²) in [5.74, 6) is -1.06. The molecule has 4 N–H and O–H groups in total. The van der Waals surface area contributed by atoms with Crippen LogP contribution in [0.2, 0.25) is 0 Å². The Morgan fingerprint density at radius 1 is 1.28 bits per heavy atom. The number of rotatable bonds is 7. The van der Waals surface area contributed by atoms with Gasteiger partial charge in [-0.25, -0.2) is 9.59 Å². The van der Waals surface area contributed by atoms with Gasteiger partial charge < -0.3 is 15.5 Å². The highest BCUT2D eigenvalue weighted by Crippen LogP contribution is 2.22. The number of anilines is 1. The van der Waals surface area contributed by atoms with Gasteiger partial charge in [0.25, 0.3) is 0 Å². The SMILES string of the molecule is O=C(NCCCCCO)Nc1sccc1C(=O)O. The number of urea groups is 1. The number of amides is 2. The minimum absolute atomic E-state index is 0.0930. The first-order chi connectivity index (χ1) is 8.65. The molecule has 1 rings (SSSR count). The molecule has 0 spiro atoms. The molecule has 1 aromatic heterocycles. The second kappa shape index (κ2) is 7.67. The van der Waals surface area contributed by atoms with Crippen molar-refractivity contribution in [3.63, 3.8) is 0 Å². The zero-order valence-electron chi connectivity index (χ0n) is 9.81. The lowest BCUT2D eigenvalue weighted by atomic mass is 10.2. The van der Waals surface area contributed by atoms with Crippen molar-refractivity contribution in [1.29, 1.82) is 0 Å². The summed E-state index contributed by atoms with van der Waals surface area (Å²) in [6, 6.07) is 1.04. The van der Waals surface area contributed by atoms with Crippen LogP contribution in [-0.4, -0.2) is 35.4 Å². The molecule has 0 atom stereocenters. The van der Waals surface area contributed by atoms with E-state index in [-0.39, 0.29) is 12.2 Å². The summed E-state index contributed by atoms with van der Waals surface area (Å²) < 4.78 is 0. The molecule has 0 aliphatic carbocycles. The van der Waals surface area contributed by atoms with Gasteiger partial charge in [-0.3, -0.25) is 5.32 Å². The van der Waals surface area contributed by atoms with Gasteiger partial charge in [0.15, 0.2) is 0 Å². The molecule has 6 nitrogen and oxygen atoms in total. The fourth-order valence-corrected chi connectivity index (χ4v) is 2.11. The number of carbonyl (C=O) groups excluding carboxylic acids is 1. The number of thiophene rings is 1. The topological polar surface area (TPSA) is 98.7 Å². The van der Waals surface area contributed by atoms with E-state index < -0.39 is 12.0 Å². The Hall–Kier alpha value is -1.60. The van der Waals surface area contributed by atoms with Gasteiger partial charge in [0, 0.05) is 13.2 Å². The van der Waals surface area contributed by atoms with Crippen molar-refractivity contribution in [2.45, 2.75) is 19.3 Å². The third-order valence-electron chi connectivity index (χ3n) is 2.24. The number of carbonyl (C=O) groups is 2. The highest BCUT2D eigenvalue weighted by atomic mass is 32.1. The van der Waals surface area contributed by atoms with Crippen LogP contribution < -0.4 is 10.6 Å². The van der Waals surface area contributed by atoms with E-state index in [1.165, 1.54) is 17.4 Å². The van der Waals surface area contributed by atoms with E-state index in [0.29, 0.717) is 11.5 Å². The smallest absolute Gasteiger partial charge is 0.338 e. The van der Waals surface area contributed by atoms with Gasteiger partial charge in [-0.1, -0.05) is 0 Å². The average Bonchev–Trinajstić information content (AvgIpc) is 2.77. The largest absolute Gasteiger partial charge is 0.478 e. The molecule has 18 heavy (non-hydrogen) atoms. The first-order valence-corrected chi connectivity index (χ1v) is 6.49. The van der Waals surface area contributed by atoms with Gasteiger partial charge in [0.05, 0.1) is 5.56 Å². The zero-order valence-corrected chi connectivity index (χ0v) is 10.6. The Morgan fingerprint density at radius 3 is 2.72 bits per heavy atom. The van der Waals surface area contributed by atoms with Crippen LogP contribution in [0.25, 0.3) is 0 Å². The standard InChI is InChI=1S/C11H16N2O4S/c14-6-3-1-2-5-12-11(17)13-9-8(10(15)16)4-7-18-9/h4,7,14H,1-3,5-6H2,(H,15,16)(H2,12,13,17). The highest BCUT2D eigenvalue weighted by molar-refractivity contribution is 7.14. The summed E-state index contributed by atoms with van der Waals surface area (Å²) in [7, 11) is 0. The van der Waals surface area contributed by atoms with Crippen LogP contribution in [0, 0.1) is 0 Å². The van der Waals surface area contributed by atoms with Gasteiger partial charge in [0.1, 0.15) is 5.00 Å². The third kappa shape index (κ3) is 4.72. The molecule has 0 unspecified atom stereocenters. The van der Waals surface area contributed by atoms with Crippen molar-refractivity contribution < 1.29 is 19.8 Å². The fraction of sp³-hybridized carbons (Fsp3) is 0.455. The number of carboxylic acids is 1. The van der Waals surface area contributed by atoms with Crippen molar-refractivity contribution in [2.24, 2.45) is 0 Å². The van der Waals surface area contributed by atoms with Gasteiger partial charge in [0.2, 0.25) is 0 Å². The van der Waals surface area contributed by atoms with Crippen molar-refractivity contribution in [1.82, 2.24) is 5.32 Å². The molecule has 0 radical (unpaired) electrons.